The normalized spacial score (nSPS) is 11.6. The Hall–Kier alpha value is -2.52. The number of sulfonamides is 1. The number of ether oxygens (including phenoxy) is 1. The third-order valence-corrected chi connectivity index (χ3v) is 4.79. The van der Waals surface area contributed by atoms with Crippen LogP contribution in [0.3, 0.4) is 0 Å². The highest BCUT2D eigenvalue weighted by Crippen LogP contribution is 2.19. The molecule has 1 amide bonds. The lowest BCUT2D eigenvalue weighted by molar-refractivity contribution is -0.0498. The minimum Gasteiger partial charge on any atom is -0.435 e. The molecule has 2 N–H and O–H groups in total. The Morgan fingerprint density at radius 2 is 1.73 bits per heavy atom. The number of amides is 1. The van der Waals surface area contributed by atoms with Crippen LogP contribution in [0.15, 0.2) is 53.4 Å². The van der Waals surface area contributed by atoms with Crippen LogP contribution in [-0.2, 0) is 10.0 Å². The zero-order valence-corrected chi connectivity index (χ0v) is 14.9. The minimum atomic E-state index is -3.72. The summed E-state index contributed by atoms with van der Waals surface area (Å²) in [7, 11) is -3.72. The topological polar surface area (TPSA) is 84.5 Å². The van der Waals surface area contributed by atoms with Crippen LogP contribution in [0, 0.1) is 0 Å². The van der Waals surface area contributed by atoms with Gasteiger partial charge in [0.2, 0.25) is 10.0 Å². The van der Waals surface area contributed by atoms with Crippen molar-refractivity contribution in [2.45, 2.75) is 31.4 Å². The van der Waals surface area contributed by atoms with E-state index in [0.717, 1.165) is 0 Å². The Kier molecular flexibility index (Phi) is 6.27. The monoisotopic (exact) mass is 384 g/mol. The van der Waals surface area contributed by atoms with Crippen LogP contribution in [0.4, 0.5) is 14.5 Å². The summed E-state index contributed by atoms with van der Waals surface area (Å²) >= 11 is 0. The minimum absolute atomic E-state index is 0.0282. The summed E-state index contributed by atoms with van der Waals surface area (Å²) in [5.74, 6) is -0.569. The third-order valence-electron chi connectivity index (χ3n) is 3.13. The summed E-state index contributed by atoms with van der Waals surface area (Å²) in [6, 6.07) is 10.7. The lowest BCUT2D eigenvalue weighted by Gasteiger charge is -2.11. The molecule has 0 aromatic heterocycles. The van der Waals surface area contributed by atoms with Gasteiger partial charge in [-0.2, -0.15) is 8.78 Å². The Balaban J connectivity index is 2.14. The molecule has 0 saturated heterocycles. The van der Waals surface area contributed by atoms with Gasteiger partial charge in [-0.3, -0.25) is 4.79 Å². The fourth-order valence-electron chi connectivity index (χ4n) is 2.11. The van der Waals surface area contributed by atoms with Crippen LogP contribution in [0.2, 0.25) is 0 Å². The van der Waals surface area contributed by atoms with Gasteiger partial charge >= 0.3 is 6.61 Å². The maximum absolute atomic E-state index is 12.3. The number of carbonyl (C=O) groups excluding carboxylic acids is 1. The molecular formula is C17H18F2N2O4S. The smallest absolute Gasteiger partial charge is 0.387 e. The average molecular weight is 384 g/mol. The molecule has 6 nitrogen and oxygen atoms in total. The number of alkyl halides is 2. The van der Waals surface area contributed by atoms with Gasteiger partial charge in [0, 0.05) is 17.3 Å². The second kappa shape index (κ2) is 8.24. The van der Waals surface area contributed by atoms with Crippen LogP contribution >= 0.6 is 0 Å². The van der Waals surface area contributed by atoms with E-state index in [2.05, 4.69) is 14.8 Å². The van der Waals surface area contributed by atoms with Gasteiger partial charge in [-0.1, -0.05) is 6.07 Å². The van der Waals surface area contributed by atoms with E-state index in [4.69, 9.17) is 0 Å². The van der Waals surface area contributed by atoms with E-state index < -0.39 is 22.5 Å². The largest absolute Gasteiger partial charge is 0.435 e. The molecule has 0 unspecified atom stereocenters. The van der Waals surface area contributed by atoms with Gasteiger partial charge in [0.05, 0.1) is 4.90 Å². The molecule has 0 heterocycles. The molecule has 0 bridgehead atoms. The van der Waals surface area contributed by atoms with Crippen LogP contribution < -0.4 is 14.8 Å². The molecule has 2 aromatic carbocycles. The van der Waals surface area contributed by atoms with Gasteiger partial charge in [0.15, 0.2) is 0 Å². The number of rotatable bonds is 7. The van der Waals surface area contributed by atoms with Gasteiger partial charge in [-0.05, 0) is 56.3 Å². The summed E-state index contributed by atoms with van der Waals surface area (Å²) in [6.45, 7) is 0.449. The first-order valence-electron chi connectivity index (χ1n) is 7.66. The van der Waals surface area contributed by atoms with Crippen molar-refractivity contribution in [3.8, 4) is 5.75 Å². The van der Waals surface area contributed by atoms with Gasteiger partial charge in [0.25, 0.3) is 5.91 Å². The van der Waals surface area contributed by atoms with Crippen LogP contribution in [0.1, 0.15) is 24.2 Å². The zero-order valence-electron chi connectivity index (χ0n) is 14.1. The van der Waals surface area contributed by atoms with Crippen molar-refractivity contribution >= 4 is 21.6 Å². The van der Waals surface area contributed by atoms with Gasteiger partial charge in [-0.15, -0.1) is 0 Å². The molecular weight excluding hydrogens is 366 g/mol. The van der Waals surface area contributed by atoms with Gasteiger partial charge < -0.3 is 10.1 Å². The van der Waals surface area contributed by atoms with Crippen LogP contribution in [0.5, 0.6) is 5.75 Å². The molecule has 2 aromatic rings. The second-order valence-electron chi connectivity index (χ2n) is 5.66. The predicted molar refractivity (Wildman–Crippen MR) is 92.9 cm³/mol. The first kappa shape index (κ1) is 19.8. The highest BCUT2D eigenvalue weighted by atomic mass is 32.2. The van der Waals surface area contributed by atoms with E-state index in [1.165, 1.54) is 48.5 Å². The van der Waals surface area contributed by atoms with Crippen molar-refractivity contribution in [3.05, 3.63) is 54.1 Å². The first-order chi connectivity index (χ1) is 12.2. The molecule has 26 heavy (non-hydrogen) atoms. The Morgan fingerprint density at radius 1 is 1.08 bits per heavy atom. The van der Waals surface area contributed by atoms with Gasteiger partial charge in [0.1, 0.15) is 5.75 Å². The number of benzene rings is 2. The molecule has 0 spiro atoms. The molecule has 0 aliphatic heterocycles. The second-order valence-corrected chi connectivity index (χ2v) is 7.37. The van der Waals surface area contributed by atoms with Crippen LogP contribution in [0.25, 0.3) is 0 Å². The average Bonchev–Trinajstić information content (AvgIpc) is 2.55. The first-order valence-corrected chi connectivity index (χ1v) is 9.14. The van der Waals surface area contributed by atoms with Crippen molar-refractivity contribution in [2.24, 2.45) is 0 Å². The fourth-order valence-corrected chi connectivity index (χ4v) is 3.40. The molecule has 0 radical (unpaired) electrons. The van der Waals surface area contributed by atoms with E-state index in [1.54, 1.807) is 13.8 Å². The highest BCUT2D eigenvalue weighted by Gasteiger charge is 2.17. The van der Waals surface area contributed by atoms with E-state index in [1.807, 2.05) is 0 Å². The quantitative estimate of drug-likeness (QED) is 0.768. The molecule has 0 atom stereocenters. The number of hydrogen-bond donors (Lipinski definition) is 2. The molecule has 0 fully saturated rings. The highest BCUT2D eigenvalue weighted by molar-refractivity contribution is 7.89. The van der Waals surface area contributed by atoms with E-state index in [0.29, 0.717) is 5.69 Å². The number of anilines is 1. The lowest BCUT2D eigenvalue weighted by Crippen LogP contribution is -2.30. The van der Waals surface area contributed by atoms with Crippen molar-refractivity contribution < 1.29 is 26.7 Å². The van der Waals surface area contributed by atoms with Crippen molar-refractivity contribution in [2.75, 3.05) is 5.32 Å². The molecule has 140 valence electrons. The Morgan fingerprint density at radius 3 is 2.31 bits per heavy atom. The standard InChI is InChI=1S/C17H18F2N2O4S/c1-11(2)21-26(23,24)15-5-3-4-12(10-15)16(22)20-13-6-8-14(9-7-13)25-17(18)19/h3-11,17,21H,1-2H3,(H,20,22). The molecule has 2 rings (SSSR count). The van der Waals surface area contributed by atoms with Crippen LogP contribution in [-0.4, -0.2) is 27.0 Å². The molecule has 0 aliphatic carbocycles. The third kappa shape index (κ3) is 5.50. The number of nitrogens with one attached hydrogen (secondary N) is 2. The van der Waals surface area contributed by atoms with Crippen molar-refractivity contribution in [1.29, 1.82) is 0 Å². The number of carbonyl (C=O) groups is 1. The molecule has 9 heteroatoms. The number of hydrogen-bond acceptors (Lipinski definition) is 4. The van der Waals surface area contributed by atoms with Crippen molar-refractivity contribution in [1.82, 2.24) is 4.72 Å². The summed E-state index contributed by atoms with van der Waals surface area (Å²) in [5.41, 5.74) is 0.495. The summed E-state index contributed by atoms with van der Waals surface area (Å²) in [4.78, 5) is 12.3. The molecule has 0 saturated carbocycles. The Labute approximate surface area is 150 Å². The predicted octanol–water partition coefficient (Wildman–Crippen LogP) is 3.23. The zero-order chi connectivity index (χ0) is 19.3. The van der Waals surface area contributed by atoms with E-state index >= 15 is 0 Å². The van der Waals surface area contributed by atoms with Crippen molar-refractivity contribution in [3.63, 3.8) is 0 Å². The molecule has 0 aliphatic rings. The SMILES string of the molecule is CC(C)NS(=O)(=O)c1cccc(C(=O)Nc2ccc(OC(F)F)cc2)c1. The summed E-state index contributed by atoms with van der Waals surface area (Å²) in [6.07, 6.45) is 0. The Bertz CT molecular complexity index is 869. The lowest BCUT2D eigenvalue weighted by atomic mass is 10.2. The van der Waals surface area contributed by atoms with E-state index in [9.17, 15) is 22.0 Å². The summed E-state index contributed by atoms with van der Waals surface area (Å²) < 4.78 is 55.3. The van der Waals surface area contributed by atoms with E-state index in [-0.39, 0.29) is 22.3 Å². The van der Waals surface area contributed by atoms with Gasteiger partial charge in [-0.25, -0.2) is 13.1 Å². The maximum atomic E-state index is 12.3. The number of halogens is 2. The maximum Gasteiger partial charge on any atom is 0.387 e. The fraction of sp³-hybridized carbons (Fsp3) is 0.235. The summed E-state index contributed by atoms with van der Waals surface area (Å²) in [5, 5.41) is 2.56.